The summed E-state index contributed by atoms with van der Waals surface area (Å²) in [5, 5.41) is 0. The summed E-state index contributed by atoms with van der Waals surface area (Å²) in [6.07, 6.45) is -1.30. The molecule has 1 atom stereocenters. The summed E-state index contributed by atoms with van der Waals surface area (Å²) in [6.45, 7) is 1.60. The molecule has 1 aliphatic heterocycles. The first-order chi connectivity index (χ1) is 19.9. The molecule has 0 aromatic heterocycles. The largest absolute Gasteiger partial charge is 0.493 e. The first-order valence-electron chi connectivity index (χ1n) is 12.8. The van der Waals surface area contributed by atoms with Gasteiger partial charge in [0.05, 0.1) is 16.9 Å². The monoisotopic (exact) mass is 628 g/mol. The van der Waals surface area contributed by atoms with Crippen molar-refractivity contribution in [2.75, 3.05) is 20.2 Å². The van der Waals surface area contributed by atoms with E-state index in [0.717, 1.165) is 14.2 Å². The van der Waals surface area contributed by atoms with Gasteiger partial charge < -0.3 is 8.92 Å². The lowest BCUT2D eigenvalue weighted by Crippen LogP contribution is -2.38. The molecule has 0 amide bonds. The van der Waals surface area contributed by atoms with Crippen molar-refractivity contribution in [2.24, 2.45) is 0 Å². The standard InChI is InChI=1S/C29H28N2O8S3/c1-22-13-16-25(17-14-22)41(34,35)31-20-19-30(40(32,33)24-9-5-3-6-10-24)29(31)23-15-18-27(28(21-23)38-2)39-42(36,37)26-11-7-4-8-12-26/h3-18,21,29H,19-20H2,1-2H3. The summed E-state index contributed by atoms with van der Waals surface area (Å²) in [7, 11) is -11.2. The molecule has 0 radical (unpaired) electrons. The molecule has 220 valence electrons. The fourth-order valence-corrected chi connectivity index (χ4v) is 8.85. The number of benzene rings is 4. The lowest BCUT2D eigenvalue weighted by molar-refractivity contribution is 0.290. The minimum atomic E-state index is -4.21. The van der Waals surface area contributed by atoms with Gasteiger partial charge in [-0.1, -0.05) is 60.2 Å². The van der Waals surface area contributed by atoms with Gasteiger partial charge in [-0.3, -0.25) is 0 Å². The minimum absolute atomic E-state index is 0.00505. The quantitative estimate of drug-likeness (QED) is 0.253. The summed E-state index contributed by atoms with van der Waals surface area (Å²) >= 11 is 0. The van der Waals surface area contributed by atoms with Crippen molar-refractivity contribution >= 4 is 30.2 Å². The van der Waals surface area contributed by atoms with Crippen LogP contribution in [0.15, 0.2) is 118 Å². The molecular weight excluding hydrogens is 601 g/mol. The van der Waals surface area contributed by atoms with Crippen molar-refractivity contribution in [2.45, 2.75) is 27.8 Å². The topological polar surface area (TPSA) is 127 Å². The third kappa shape index (κ3) is 5.65. The Hall–Kier alpha value is -3.75. The van der Waals surface area contributed by atoms with Crippen LogP contribution in [0.25, 0.3) is 0 Å². The van der Waals surface area contributed by atoms with E-state index in [1.807, 2.05) is 6.92 Å². The summed E-state index contributed by atoms with van der Waals surface area (Å²) in [5.74, 6) is -0.169. The molecular formula is C29H28N2O8S3. The molecule has 1 aliphatic rings. The molecule has 0 spiro atoms. The van der Waals surface area contributed by atoms with Crippen LogP contribution in [0.1, 0.15) is 17.3 Å². The maximum absolute atomic E-state index is 13.9. The average molecular weight is 629 g/mol. The van der Waals surface area contributed by atoms with Crippen molar-refractivity contribution in [3.63, 3.8) is 0 Å². The first-order valence-corrected chi connectivity index (χ1v) is 17.1. The van der Waals surface area contributed by atoms with Crippen molar-refractivity contribution in [1.29, 1.82) is 0 Å². The van der Waals surface area contributed by atoms with Gasteiger partial charge in [0.25, 0.3) is 0 Å². The van der Waals surface area contributed by atoms with Crippen LogP contribution in [0.3, 0.4) is 0 Å². The Morgan fingerprint density at radius 1 is 0.619 bits per heavy atom. The predicted octanol–water partition coefficient (Wildman–Crippen LogP) is 4.17. The summed E-state index contributed by atoms with van der Waals surface area (Å²) in [5.41, 5.74) is 1.11. The van der Waals surface area contributed by atoms with Crippen LogP contribution in [-0.4, -0.2) is 54.1 Å². The molecule has 1 saturated heterocycles. The van der Waals surface area contributed by atoms with E-state index in [-0.39, 0.29) is 44.8 Å². The fourth-order valence-electron chi connectivity index (χ4n) is 4.66. The second-order valence-corrected chi connectivity index (χ2v) is 14.8. The van der Waals surface area contributed by atoms with Crippen LogP contribution < -0.4 is 8.92 Å². The Balaban J connectivity index is 1.60. The number of hydrogen-bond acceptors (Lipinski definition) is 8. The SMILES string of the molecule is COc1cc(C2N(S(=O)(=O)c3ccccc3)CCN2S(=O)(=O)c2ccc(C)cc2)ccc1OS(=O)(=O)c1ccccc1. The van der Waals surface area contributed by atoms with Crippen LogP contribution in [0.5, 0.6) is 11.5 Å². The van der Waals surface area contributed by atoms with E-state index in [2.05, 4.69) is 0 Å². The van der Waals surface area contributed by atoms with E-state index in [0.29, 0.717) is 0 Å². The molecule has 1 unspecified atom stereocenters. The number of nitrogens with zero attached hydrogens (tertiary/aromatic N) is 2. The van der Waals surface area contributed by atoms with Gasteiger partial charge in [-0.05, 0) is 61.0 Å². The van der Waals surface area contributed by atoms with Crippen molar-refractivity contribution < 1.29 is 34.2 Å². The first kappa shape index (κ1) is 29.7. The highest BCUT2D eigenvalue weighted by Gasteiger charge is 2.47. The maximum Gasteiger partial charge on any atom is 0.339 e. The van der Waals surface area contributed by atoms with Gasteiger partial charge >= 0.3 is 10.1 Å². The molecule has 0 aliphatic carbocycles. The summed E-state index contributed by atoms with van der Waals surface area (Å²) < 4.78 is 94.1. The Morgan fingerprint density at radius 3 is 1.64 bits per heavy atom. The van der Waals surface area contributed by atoms with Gasteiger partial charge in [0.2, 0.25) is 20.0 Å². The Morgan fingerprint density at radius 2 is 1.12 bits per heavy atom. The molecule has 0 N–H and O–H groups in total. The smallest absolute Gasteiger partial charge is 0.339 e. The number of ether oxygens (including phenoxy) is 1. The highest BCUT2D eigenvalue weighted by Crippen LogP contribution is 2.41. The predicted molar refractivity (Wildman–Crippen MR) is 155 cm³/mol. The lowest BCUT2D eigenvalue weighted by Gasteiger charge is -2.30. The van der Waals surface area contributed by atoms with Crippen molar-refractivity contribution in [1.82, 2.24) is 8.61 Å². The van der Waals surface area contributed by atoms with E-state index in [9.17, 15) is 25.3 Å². The van der Waals surface area contributed by atoms with E-state index < -0.39 is 36.3 Å². The number of aryl methyl sites for hydroxylation is 1. The van der Waals surface area contributed by atoms with Gasteiger partial charge in [-0.15, -0.1) is 0 Å². The normalized spacial score (nSPS) is 16.8. The Bertz CT molecular complexity index is 1900. The zero-order valence-corrected chi connectivity index (χ0v) is 25.1. The number of sulfonamides is 2. The number of methoxy groups -OCH3 is 1. The van der Waals surface area contributed by atoms with Gasteiger partial charge in [0.15, 0.2) is 11.5 Å². The van der Waals surface area contributed by atoms with Crippen LogP contribution in [0.2, 0.25) is 0 Å². The van der Waals surface area contributed by atoms with E-state index in [1.165, 1.54) is 61.7 Å². The Kier molecular flexibility index (Phi) is 8.14. The lowest BCUT2D eigenvalue weighted by atomic mass is 10.1. The molecule has 10 nitrogen and oxygen atoms in total. The molecule has 0 bridgehead atoms. The second-order valence-electron chi connectivity index (χ2n) is 9.49. The van der Waals surface area contributed by atoms with Crippen molar-refractivity contribution in [3.05, 3.63) is 114 Å². The fraction of sp³-hybridized carbons (Fsp3) is 0.172. The van der Waals surface area contributed by atoms with Crippen LogP contribution in [0, 0.1) is 6.92 Å². The molecule has 1 heterocycles. The highest BCUT2D eigenvalue weighted by atomic mass is 32.2. The number of rotatable bonds is 9. The third-order valence-corrected chi connectivity index (χ3v) is 11.8. The van der Waals surface area contributed by atoms with E-state index in [1.54, 1.807) is 48.5 Å². The second kappa shape index (κ2) is 11.5. The minimum Gasteiger partial charge on any atom is -0.493 e. The third-order valence-electron chi connectivity index (χ3n) is 6.78. The van der Waals surface area contributed by atoms with Crippen LogP contribution in [-0.2, 0) is 30.2 Å². The zero-order chi connectivity index (χ0) is 30.1. The van der Waals surface area contributed by atoms with Gasteiger partial charge in [-0.2, -0.15) is 17.0 Å². The number of hydrogen-bond donors (Lipinski definition) is 0. The molecule has 4 aromatic carbocycles. The molecule has 13 heteroatoms. The molecule has 42 heavy (non-hydrogen) atoms. The molecule has 0 saturated carbocycles. The van der Waals surface area contributed by atoms with E-state index in [4.69, 9.17) is 8.92 Å². The average Bonchev–Trinajstić information content (AvgIpc) is 3.46. The van der Waals surface area contributed by atoms with Gasteiger partial charge in [-0.25, -0.2) is 16.8 Å². The summed E-state index contributed by atoms with van der Waals surface area (Å²) in [4.78, 5) is -0.0502. The van der Waals surface area contributed by atoms with Gasteiger partial charge in [0.1, 0.15) is 11.1 Å². The Labute approximate surface area is 246 Å². The highest BCUT2D eigenvalue weighted by molar-refractivity contribution is 7.90. The van der Waals surface area contributed by atoms with E-state index >= 15 is 0 Å². The maximum atomic E-state index is 13.9. The molecule has 4 aromatic rings. The molecule has 1 fully saturated rings. The zero-order valence-electron chi connectivity index (χ0n) is 22.7. The van der Waals surface area contributed by atoms with Gasteiger partial charge in [0, 0.05) is 13.1 Å². The van der Waals surface area contributed by atoms with Crippen molar-refractivity contribution in [3.8, 4) is 11.5 Å². The van der Waals surface area contributed by atoms with Crippen LogP contribution in [0.4, 0.5) is 0 Å². The van der Waals surface area contributed by atoms with Crippen LogP contribution >= 0.6 is 0 Å². The summed E-state index contributed by atoms with van der Waals surface area (Å²) in [6, 6.07) is 25.7. The molecule has 5 rings (SSSR count).